The van der Waals surface area contributed by atoms with Crippen LogP contribution in [0.4, 0.5) is 0 Å². The predicted octanol–water partition coefficient (Wildman–Crippen LogP) is 0.661. The molecule has 0 radical (unpaired) electrons. The van der Waals surface area contributed by atoms with E-state index in [0.717, 1.165) is 12.8 Å². The molecule has 1 aliphatic heterocycles. The molecule has 2 rings (SSSR count). The van der Waals surface area contributed by atoms with Gasteiger partial charge in [-0.25, -0.2) is 0 Å². The van der Waals surface area contributed by atoms with Crippen molar-refractivity contribution in [3.63, 3.8) is 0 Å². The minimum atomic E-state index is -0.431. The van der Waals surface area contributed by atoms with Gasteiger partial charge in [-0.3, -0.25) is 0 Å². The lowest BCUT2D eigenvalue weighted by molar-refractivity contribution is -0.113. The molecule has 2 fully saturated rings. The number of ether oxygens (including phenoxy) is 2. The fourth-order valence-corrected chi connectivity index (χ4v) is 2.07. The third-order valence-electron chi connectivity index (χ3n) is 2.78. The Morgan fingerprint density at radius 2 is 2.18 bits per heavy atom. The highest BCUT2D eigenvalue weighted by atomic mass is 16.7. The molecule has 0 spiro atoms. The van der Waals surface area contributed by atoms with Crippen LogP contribution in [-0.4, -0.2) is 29.2 Å². The summed E-state index contributed by atoms with van der Waals surface area (Å²) in [7, 11) is 0. The first-order valence-electron chi connectivity index (χ1n) is 4.14. The second kappa shape index (κ2) is 2.19. The van der Waals surface area contributed by atoms with Gasteiger partial charge in [0.25, 0.3) is 0 Å². The SMILES string of the molecule is CC1OC2CCC(O)C2(C)O1. The van der Waals surface area contributed by atoms with E-state index in [9.17, 15) is 5.11 Å². The van der Waals surface area contributed by atoms with Gasteiger partial charge in [-0.15, -0.1) is 0 Å². The Kier molecular flexibility index (Phi) is 1.50. The number of hydrogen-bond acceptors (Lipinski definition) is 3. The van der Waals surface area contributed by atoms with Crippen molar-refractivity contribution in [2.24, 2.45) is 0 Å². The van der Waals surface area contributed by atoms with Crippen LogP contribution in [0.3, 0.4) is 0 Å². The lowest BCUT2D eigenvalue weighted by atomic mass is 10.0. The van der Waals surface area contributed by atoms with E-state index in [1.165, 1.54) is 0 Å². The van der Waals surface area contributed by atoms with E-state index in [1.807, 2.05) is 13.8 Å². The van der Waals surface area contributed by atoms with Crippen molar-refractivity contribution in [1.29, 1.82) is 0 Å². The monoisotopic (exact) mass is 158 g/mol. The zero-order valence-corrected chi connectivity index (χ0v) is 6.91. The second-order valence-corrected chi connectivity index (χ2v) is 3.59. The van der Waals surface area contributed by atoms with Crippen molar-refractivity contribution in [2.75, 3.05) is 0 Å². The maximum atomic E-state index is 9.57. The quantitative estimate of drug-likeness (QED) is 0.563. The molecule has 4 unspecified atom stereocenters. The topological polar surface area (TPSA) is 38.7 Å². The Morgan fingerprint density at radius 3 is 2.82 bits per heavy atom. The fraction of sp³-hybridized carbons (Fsp3) is 1.00. The number of rotatable bonds is 0. The summed E-state index contributed by atoms with van der Waals surface area (Å²) in [4.78, 5) is 0. The molecule has 1 aliphatic carbocycles. The highest BCUT2D eigenvalue weighted by Gasteiger charge is 2.53. The van der Waals surface area contributed by atoms with E-state index >= 15 is 0 Å². The van der Waals surface area contributed by atoms with E-state index in [2.05, 4.69) is 0 Å². The van der Waals surface area contributed by atoms with E-state index in [1.54, 1.807) is 0 Å². The molecule has 1 N–H and O–H groups in total. The summed E-state index contributed by atoms with van der Waals surface area (Å²) in [6.45, 7) is 3.80. The molecule has 4 atom stereocenters. The van der Waals surface area contributed by atoms with Crippen LogP contribution in [0.25, 0.3) is 0 Å². The summed E-state index contributed by atoms with van der Waals surface area (Å²) in [5, 5.41) is 9.57. The summed E-state index contributed by atoms with van der Waals surface area (Å²) < 4.78 is 11.0. The van der Waals surface area contributed by atoms with Gasteiger partial charge in [0.05, 0.1) is 12.2 Å². The van der Waals surface area contributed by atoms with Gasteiger partial charge in [0.1, 0.15) is 5.60 Å². The van der Waals surface area contributed by atoms with Crippen molar-refractivity contribution < 1.29 is 14.6 Å². The summed E-state index contributed by atoms with van der Waals surface area (Å²) >= 11 is 0. The van der Waals surface area contributed by atoms with Crippen molar-refractivity contribution in [3.05, 3.63) is 0 Å². The highest BCUT2D eigenvalue weighted by Crippen LogP contribution is 2.41. The lowest BCUT2D eigenvalue weighted by Gasteiger charge is -2.24. The molecule has 1 heterocycles. The molecule has 0 aromatic rings. The third kappa shape index (κ3) is 0.916. The van der Waals surface area contributed by atoms with Gasteiger partial charge in [-0.2, -0.15) is 0 Å². The summed E-state index contributed by atoms with van der Waals surface area (Å²) in [6.07, 6.45) is 1.32. The first kappa shape index (κ1) is 7.53. The predicted molar refractivity (Wildman–Crippen MR) is 39.1 cm³/mol. The molecule has 0 aromatic carbocycles. The van der Waals surface area contributed by atoms with Crippen LogP contribution in [-0.2, 0) is 9.47 Å². The van der Waals surface area contributed by atoms with Crippen LogP contribution in [0.5, 0.6) is 0 Å². The number of aliphatic hydroxyl groups is 1. The Balaban J connectivity index is 2.20. The average Bonchev–Trinajstić information content (AvgIpc) is 2.32. The second-order valence-electron chi connectivity index (χ2n) is 3.59. The summed E-state index contributed by atoms with van der Waals surface area (Å²) in [5.74, 6) is 0. The Labute approximate surface area is 66.3 Å². The van der Waals surface area contributed by atoms with Gasteiger partial charge in [-0.1, -0.05) is 0 Å². The molecule has 3 nitrogen and oxygen atoms in total. The van der Waals surface area contributed by atoms with Crippen LogP contribution >= 0.6 is 0 Å². The number of aliphatic hydroxyl groups excluding tert-OH is 1. The van der Waals surface area contributed by atoms with Crippen molar-refractivity contribution in [1.82, 2.24) is 0 Å². The number of hydrogen-bond donors (Lipinski definition) is 1. The third-order valence-corrected chi connectivity index (χ3v) is 2.78. The van der Waals surface area contributed by atoms with Crippen LogP contribution in [0.2, 0.25) is 0 Å². The fourth-order valence-electron chi connectivity index (χ4n) is 2.07. The van der Waals surface area contributed by atoms with E-state index in [-0.39, 0.29) is 18.5 Å². The van der Waals surface area contributed by atoms with Gasteiger partial charge < -0.3 is 14.6 Å². The van der Waals surface area contributed by atoms with Crippen LogP contribution in [0.15, 0.2) is 0 Å². The van der Waals surface area contributed by atoms with Crippen LogP contribution < -0.4 is 0 Å². The summed E-state index contributed by atoms with van der Waals surface area (Å²) in [6, 6.07) is 0. The minimum Gasteiger partial charge on any atom is -0.390 e. The molecule has 0 amide bonds. The van der Waals surface area contributed by atoms with E-state index in [0.29, 0.717) is 0 Å². The lowest BCUT2D eigenvalue weighted by Crippen LogP contribution is -2.41. The van der Waals surface area contributed by atoms with E-state index in [4.69, 9.17) is 9.47 Å². The zero-order valence-electron chi connectivity index (χ0n) is 6.91. The molecule has 1 saturated heterocycles. The standard InChI is InChI=1S/C8H14O3/c1-5-10-7-4-3-6(9)8(7,2)11-5/h5-7,9H,3-4H2,1-2H3. The van der Waals surface area contributed by atoms with Gasteiger partial charge >= 0.3 is 0 Å². The maximum Gasteiger partial charge on any atom is 0.156 e. The minimum absolute atomic E-state index is 0.104. The molecule has 64 valence electrons. The van der Waals surface area contributed by atoms with Gasteiger partial charge in [0.15, 0.2) is 6.29 Å². The van der Waals surface area contributed by atoms with Crippen LogP contribution in [0.1, 0.15) is 26.7 Å². The van der Waals surface area contributed by atoms with Crippen molar-refractivity contribution in [3.8, 4) is 0 Å². The molecule has 1 saturated carbocycles. The molecule has 0 aromatic heterocycles. The first-order valence-corrected chi connectivity index (χ1v) is 4.14. The molecular formula is C8H14O3. The Morgan fingerprint density at radius 1 is 1.45 bits per heavy atom. The Hall–Kier alpha value is -0.120. The molecular weight excluding hydrogens is 144 g/mol. The average molecular weight is 158 g/mol. The normalized spacial score (nSPS) is 56.5. The van der Waals surface area contributed by atoms with Gasteiger partial charge in [0.2, 0.25) is 0 Å². The van der Waals surface area contributed by atoms with E-state index < -0.39 is 5.60 Å². The van der Waals surface area contributed by atoms with Gasteiger partial charge in [-0.05, 0) is 26.7 Å². The van der Waals surface area contributed by atoms with Crippen molar-refractivity contribution in [2.45, 2.75) is 50.8 Å². The largest absolute Gasteiger partial charge is 0.390 e. The summed E-state index contributed by atoms with van der Waals surface area (Å²) in [5.41, 5.74) is -0.431. The molecule has 3 heteroatoms. The highest BCUT2D eigenvalue weighted by molar-refractivity contribution is 5.01. The molecule has 2 aliphatic rings. The smallest absolute Gasteiger partial charge is 0.156 e. The Bertz CT molecular complexity index is 171. The number of fused-ring (bicyclic) bond motifs is 1. The zero-order chi connectivity index (χ0) is 8.06. The molecule has 0 bridgehead atoms. The first-order chi connectivity index (χ1) is 5.13. The maximum absolute atomic E-state index is 9.57. The van der Waals surface area contributed by atoms with Gasteiger partial charge in [0, 0.05) is 0 Å². The van der Waals surface area contributed by atoms with Crippen LogP contribution in [0, 0.1) is 0 Å². The molecule has 11 heavy (non-hydrogen) atoms. The van der Waals surface area contributed by atoms with Crippen molar-refractivity contribution >= 4 is 0 Å².